The number of hydrogen-bond donors (Lipinski definition) is 0. The lowest BCUT2D eigenvalue weighted by Gasteiger charge is -2.45. The third-order valence-electron chi connectivity index (χ3n) is 7.85. The number of carbonyl (C=O) groups excluding carboxylic acids is 4. The summed E-state index contributed by atoms with van der Waals surface area (Å²) in [6.45, 7) is 7.55. The number of fused-ring (bicyclic) bond motifs is 2. The molecule has 0 aromatic heterocycles. The molecule has 0 bridgehead atoms. The van der Waals surface area contributed by atoms with Crippen molar-refractivity contribution in [3.05, 3.63) is 104 Å². The van der Waals surface area contributed by atoms with Crippen LogP contribution in [0, 0.1) is 0 Å². The van der Waals surface area contributed by atoms with Gasteiger partial charge in [-0.05, 0) is 63.6 Å². The molecule has 8 nitrogen and oxygen atoms in total. The van der Waals surface area contributed by atoms with Crippen molar-refractivity contribution < 1.29 is 28.7 Å². The third-order valence-corrected chi connectivity index (χ3v) is 11.2. The summed E-state index contributed by atoms with van der Waals surface area (Å²) in [6, 6.07) is 21.6. The number of ether oxygens (including phenoxy) is 2. The van der Waals surface area contributed by atoms with Gasteiger partial charge in [-0.1, -0.05) is 78.2 Å². The van der Waals surface area contributed by atoms with Gasteiger partial charge < -0.3 is 9.47 Å². The number of carbonyl (C=O) groups is 4. The zero-order valence-electron chi connectivity index (χ0n) is 25.6. The number of imide groups is 1. The van der Waals surface area contributed by atoms with Crippen LogP contribution in [0.25, 0.3) is 10.5 Å². The van der Waals surface area contributed by atoms with E-state index in [4.69, 9.17) is 21.7 Å². The Morgan fingerprint density at radius 1 is 0.848 bits per heavy atom. The van der Waals surface area contributed by atoms with Crippen molar-refractivity contribution in [1.29, 1.82) is 0 Å². The second-order valence-electron chi connectivity index (χ2n) is 11.1. The summed E-state index contributed by atoms with van der Waals surface area (Å²) in [5.41, 5.74) is 2.30. The van der Waals surface area contributed by atoms with Gasteiger partial charge in [0.2, 0.25) is 5.91 Å². The van der Waals surface area contributed by atoms with Crippen LogP contribution in [-0.4, -0.2) is 58.8 Å². The summed E-state index contributed by atoms with van der Waals surface area (Å²) in [7, 11) is 0. The van der Waals surface area contributed by atoms with Crippen LogP contribution in [0.4, 0.5) is 5.69 Å². The number of anilines is 1. The standard InChI is InChI=1S/C35H30N2O6S3/c1-5-42-21-16-17-25-24(18-21)27(34-45-28(20-12-8-7-9-13-20)29(46-34)33(41)43-6-2)30(44)35(3,4)37(25)26(38)19-36-31(39)22-14-10-11-15-23(22)32(36)40/h7-18H,5-6,19H2,1-4H3. The molecule has 0 radical (unpaired) electrons. The number of thioether (sulfide) groups is 2. The fraction of sp³-hybridized carbons (Fsp3) is 0.229. The van der Waals surface area contributed by atoms with E-state index in [1.165, 1.54) is 23.5 Å². The Kier molecular flexibility index (Phi) is 8.66. The number of nitrogens with zero attached hydrogens (tertiary/aromatic N) is 2. The van der Waals surface area contributed by atoms with E-state index in [-0.39, 0.29) is 17.7 Å². The molecule has 0 aliphatic carbocycles. The maximum Gasteiger partial charge on any atom is 0.346 e. The lowest BCUT2D eigenvalue weighted by atomic mass is 9.83. The summed E-state index contributed by atoms with van der Waals surface area (Å²) in [5, 5.41) is 0. The first-order chi connectivity index (χ1) is 22.1. The Balaban J connectivity index is 1.45. The highest BCUT2D eigenvalue weighted by molar-refractivity contribution is 8.32. The molecule has 234 valence electrons. The number of esters is 1. The van der Waals surface area contributed by atoms with Gasteiger partial charge in [-0.3, -0.25) is 24.2 Å². The minimum absolute atomic E-state index is 0.234. The van der Waals surface area contributed by atoms with Crippen molar-refractivity contribution >= 4 is 80.5 Å². The summed E-state index contributed by atoms with van der Waals surface area (Å²) in [6.07, 6.45) is 0. The van der Waals surface area contributed by atoms with Crippen molar-refractivity contribution in [3.63, 3.8) is 0 Å². The minimum Gasteiger partial charge on any atom is -0.494 e. The summed E-state index contributed by atoms with van der Waals surface area (Å²) in [5.74, 6) is -1.31. The fourth-order valence-electron chi connectivity index (χ4n) is 5.75. The van der Waals surface area contributed by atoms with E-state index in [0.717, 1.165) is 19.6 Å². The predicted octanol–water partition coefficient (Wildman–Crippen LogP) is 6.96. The van der Waals surface area contributed by atoms with Crippen LogP contribution in [-0.2, 0) is 14.3 Å². The smallest absolute Gasteiger partial charge is 0.346 e. The van der Waals surface area contributed by atoms with Crippen LogP contribution in [0.15, 0.2) is 81.9 Å². The van der Waals surface area contributed by atoms with Gasteiger partial charge >= 0.3 is 5.97 Å². The Bertz CT molecular complexity index is 1850. The van der Waals surface area contributed by atoms with Crippen LogP contribution in [0.5, 0.6) is 5.75 Å². The number of thiocarbonyl (C=S) groups is 1. The van der Waals surface area contributed by atoms with Crippen LogP contribution < -0.4 is 9.64 Å². The molecular formula is C35H30N2O6S3. The molecule has 11 heteroatoms. The number of hydrogen-bond acceptors (Lipinski definition) is 9. The Morgan fingerprint density at radius 3 is 2.13 bits per heavy atom. The zero-order chi connectivity index (χ0) is 32.7. The predicted molar refractivity (Wildman–Crippen MR) is 186 cm³/mol. The molecule has 0 fully saturated rings. The zero-order valence-corrected chi connectivity index (χ0v) is 28.1. The van der Waals surface area contributed by atoms with Crippen LogP contribution in [0.1, 0.15) is 59.5 Å². The van der Waals surface area contributed by atoms with Gasteiger partial charge in [0.15, 0.2) is 0 Å². The van der Waals surface area contributed by atoms with Crippen molar-refractivity contribution in [3.8, 4) is 5.75 Å². The molecular weight excluding hydrogens is 641 g/mol. The van der Waals surface area contributed by atoms with E-state index in [0.29, 0.717) is 39.0 Å². The van der Waals surface area contributed by atoms with E-state index >= 15 is 0 Å². The molecule has 3 aliphatic heterocycles. The van der Waals surface area contributed by atoms with Gasteiger partial charge in [-0.2, -0.15) is 0 Å². The Hall–Kier alpha value is -4.19. The molecule has 3 amide bonds. The van der Waals surface area contributed by atoms with Crippen molar-refractivity contribution in [2.24, 2.45) is 0 Å². The molecule has 3 aromatic rings. The van der Waals surface area contributed by atoms with Gasteiger partial charge in [0.25, 0.3) is 11.8 Å². The van der Waals surface area contributed by atoms with Crippen molar-refractivity contribution in [2.45, 2.75) is 33.2 Å². The molecule has 0 saturated heterocycles. The van der Waals surface area contributed by atoms with E-state index in [1.807, 2.05) is 57.2 Å². The fourth-order valence-corrected chi connectivity index (χ4v) is 8.88. The highest BCUT2D eigenvalue weighted by Gasteiger charge is 2.47. The lowest BCUT2D eigenvalue weighted by Crippen LogP contribution is -2.58. The molecule has 3 aromatic carbocycles. The number of benzene rings is 3. The quantitative estimate of drug-likeness (QED) is 0.115. The average molecular weight is 671 g/mol. The molecule has 46 heavy (non-hydrogen) atoms. The van der Waals surface area contributed by atoms with E-state index in [9.17, 15) is 19.2 Å². The Morgan fingerprint density at radius 2 is 1.50 bits per heavy atom. The highest BCUT2D eigenvalue weighted by Crippen LogP contribution is 2.59. The van der Waals surface area contributed by atoms with Crippen molar-refractivity contribution in [1.82, 2.24) is 4.90 Å². The third kappa shape index (κ3) is 5.36. The second kappa shape index (κ2) is 12.5. The molecule has 0 saturated carbocycles. The number of amides is 3. The molecule has 0 N–H and O–H groups in total. The van der Waals surface area contributed by atoms with Gasteiger partial charge in [0.1, 0.15) is 17.2 Å². The monoisotopic (exact) mass is 670 g/mol. The van der Waals surface area contributed by atoms with Crippen LogP contribution in [0.2, 0.25) is 0 Å². The summed E-state index contributed by atoms with van der Waals surface area (Å²) < 4.78 is 12.1. The largest absolute Gasteiger partial charge is 0.494 e. The van der Waals surface area contributed by atoms with Gasteiger partial charge in [-0.25, -0.2) is 4.79 Å². The maximum atomic E-state index is 14.2. The molecule has 0 unspecified atom stereocenters. The maximum absolute atomic E-state index is 14.2. The second-order valence-corrected chi connectivity index (χ2v) is 13.8. The topological polar surface area (TPSA) is 93.2 Å². The molecule has 3 heterocycles. The van der Waals surface area contributed by atoms with E-state index < -0.39 is 35.8 Å². The van der Waals surface area contributed by atoms with Gasteiger partial charge in [0.05, 0.1) is 44.7 Å². The molecule has 0 spiro atoms. The summed E-state index contributed by atoms with van der Waals surface area (Å²) in [4.78, 5) is 58.0. The SMILES string of the molecule is CCOC(=O)C1=C(c2ccccc2)SC(=C2C(=S)C(C)(C)N(C(=O)CN3C(=O)c4ccccc4C3=O)c3ccc(OCC)cc32)S1. The van der Waals surface area contributed by atoms with Crippen molar-refractivity contribution in [2.75, 3.05) is 24.7 Å². The van der Waals surface area contributed by atoms with E-state index in [2.05, 4.69) is 0 Å². The van der Waals surface area contributed by atoms with Crippen LogP contribution in [0.3, 0.4) is 0 Å². The Labute approximate surface area is 280 Å². The summed E-state index contributed by atoms with van der Waals surface area (Å²) >= 11 is 8.92. The van der Waals surface area contributed by atoms with Gasteiger partial charge in [0, 0.05) is 16.0 Å². The van der Waals surface area contributed by atoms with E-state index in [1.54, 1.807) is 48.2 Å². The average Bonchev–Trinajstić information content (AvgIpc) is 3.58. The normalized spacial score (nSPS) is 18.6. The molecule has 3 aliphatic rings. The van der Waals surface area contributed by atoms with Crippen LogP contribution >= 0.6 is 35.7 Å². The first kappa shape index (κ1) is 31.8. The van der Waals surface area contributed by atoms with Gasteiger partial charge in [-0.15, -0.1) is 0 Å². The molecule has 6 rings (SSSR count). The highest BCUT2D eigenvalue weighted by atomic mass is 32.2. The molecule has 0 atom stereocenters. The number of rotatable bonds is 7. The first-order valence-corrected chi connectivity index (χ1v) is 16.8. The minimum atomic E-state index is -1.05. The first-order valence-electron chi connectivity index (χ1n) is 14.8. The lowest BCUT2D eigenvalue weighted by molar-refractivity contribution is -0.137.